The number of aromatic nitrogens is 1. The Labute approximate surface area is 158 Å². The summed E-state index contributed by atoms with van der Waals surface area (Å²) in [6.07, 6.45) is 3.84. The summed E-state index contributed by atoms with van der Waals surface area (Å²) in [6, 6.07) is 7.45. The first kappa shape index (κ1) is 17.8. The minimum Gasteiger partial charge on any atom is -0.396 e. The van der Waals surface area contributed by atoms with Crippen LogP contribution in [0.15, 0.2) is 24.3 Å². The number of amides is 1. The van der Waals surface area contributed by atoms with Crippen molar-refractivity contribution in [3.05, 3.63) is 35.0 Å². The molecule has 2 aliphatic heterocycles. The molecule has 5 nitrogen and oxygen atoms in total. The average molecular weight is 376 g/mol. The van der Waals surface area contributed by atoms with Gasteiger partial charge in [0.1, 0.15) is 5.69 Å². The third-order valence-electron chi connectivity index (χ3n) is 5.85. The third-order valence-corrected chi connectivity index (χ3v) is 6.09. The van der Waals surface area contributed by atoms with Gasteiger partial charge in [-0.1, -0.05) is 18.0 Å². The summed E-state index contributed by atoms with van der Waals surface area (Å²) in [7, 11) is 0. The molecule has 6 heteroatoms. The highest BCUT2D eigenvalue weighted by atomic mass is 35.5. The van der Waals surface area contributed by atoms with E-state index in [2.05, 4.69) is 9.88 Å². The number of hydrogen-bond acceptors (Lipinski definition) is 3. The number of halogens is 1. The highest BCUT2D eigenvalue weighted by Crippen LogP contribution is 2.28. The first-order valence-corrected chi connectivity index (χ1v) is 9.92. The Morgan fingerprint density at radius 1 is 1.15 bits per heavy atom. The molecule has 0 radical (unpaired) electrons. The van der Waals surface area contributed by atoms with E-state index < -0.39 is 0 Å². The second kappa shape index (κ2) is 7.59. The SMILES string of the molecule is O=C(c1cc2cc(Cl)ccc2[nH]1)N1C[C@@H](CN2CCCCC2)[C@@H](CO)C1. The van der Waals surface area contributed by atoms with E-state index in [1.54, 1.807) is 0 Å². The minimum absolute atomic E-state index is 0.0110. The Kier molecular flexibility index (Phi) is 5.20. The Hall–Kier alpha value is -1.56. The van der Waals surface area contributed by atoms with E-state index in [0.717, 1.165) is 37.1 Å². The van der Waals surface area contributed by atoms with Crippen LogP contribution in [0.25, 0.3) is 10.9 Å². The molecule has 0 aliphatic carbocycles. The van der Waals surface area contributed by atoms with Gasteiger partial charge in [-0.3, -0.25) is 4.79 Å². The van der Waals surface area contributed by atoms with E-state index >= 15 is 0 Å². The number of likely N-dealkylation sites (tertiary alicyclic amines) is 2. The number of hydrogen-bond donors (Lipinski definition) is 2. The number of nitrogens with zero attached hydrogens (tertiary/aromatic N) is 2. The zero-order valence-electron chi connectivity index (χ0n) is 15.0. The molecular formula is C20H26ClN3O2. The fourth-order valence-electron chi connectivity index (χ4n) is 4.38. The summed E-state index contributed by atoms with van der Waals surface area (Å²) in [4.78, 5) is 20.6. The number of fused-ring (bicyclic) bond motifs is 1. The Bertz CT molecular complexity index is 784. The number of carbonyl (C=O) groups excluding carboxylic acids is 1. The number of carbonyl (C=O) groups is 1. The summed E-state index contributed by atoms with van der Waals surface area (Å²) in [6.45, 7) is 4.76. The lowest BCUT2D eigenvalue weighted by atomic mass is 9.95. The Morgan fingerprint density at radius 3 is 2.69 bits per heavy atom. The number of aromatic amines is 1. The summed E-state index contributed by atoms with van der Waals surface area (Å²) in [5, 5.41) is 11.4. The second-order valence-electron chi connectivity index (χ2n) is 7.69. The van der Waals surface area contributed by atoms with Gasteiger partial charge in [0.05, 0.1) is 0 Å². The van der Waals surface area contributed by atoms with Crippen molar-refractivity contribution in [2.45, 2.75) is 19.3 Å². The zero-order chi connectivity index (χ0) is 18.1. The van der Waals surface area contributed by atoms with Crippen molar-refractivity contribution in [2.75, 3.05) is 39.3 Å². The normalized spacial score (nSPS) is 24.5. The topological polar surface area (TPSA) is 59.6 Å². The van der Waals surface area contributed by atoms with Crippen LogP contribution < -0.4 is 0 Å². The first-order chi connectivity index (χ1) is 12.6. The maximum Gasteiger partial charge on any atom is 0.270 e. The lowest BCUT2D eigenvalue weighted by molar-refractivity contribution is 0.0773. The van der Waals surface area contributed by atoms with Crippen molar-refractivity contribution in [2.24, 2.45) is 11.8 Å². The highest BCUT2D eigenvalue weighted by molar-refractivity contribution is 6.31. The molecule has 140 valence electrons. The van der Waals surface area contributed by atoms with Gasteiger partial charge >= 0.3 is 0 Å². The van der Waals surface area contributed by atoms with Crippen LogP contribution in [0.1, 0.15) is 29.8 Å². The Morgan fingerprint density at radius 2 is 1.92 bits per heavy atom. The number of H-pyrrole nitrogens is 1. The van der Waals surface area contributed by atoms with E-state index in [1.807, 2.05) is 29.2 Å². The molecule has 3 heterocycles. The molecule has 2 fully saturated rings. The number of rotatable bonds is 4. The van der Waals surface area contributed by atoms with Crippen molar-refractivity contribution in [3.63, 3.8) is 0 Å². The van der Waals surface area contributed by atoms with E-state index in [4.69, 9.17) is 11.6 Å². The molecule has 2 atom stereocenters. The highest BCUT2D eigenvalue weighted by Gasteiger charge is 2.36. The summed E-state index contributed by atoms with van der Waals surface area (Å²) < 4.78 is 0. The number of aliphatic hydroxyl groups is 1. The molecule has 26 heavy (non-hydrogen) atoms. The molecule has 1 amide bonds. The van der Waals surface area contributed by atoms with Gasteiger partial charge in [0.2, 0.25) is 0 Å². The van der Waals surface area contributed by atoms with Crippen molar-refractivity contribution in [3.8, 4) is 0 Å². The zero-order valence-corrected chi connectivity index (χ0v) is 15.7. The van der Waals surface area contributed by atoms with Crippen molar-refractivity contribution in [1.29, 1.82) is 0 Å². The third kappa shape index (κ3) is 3.61. The van der Waals surface area contributed by atoms with Gasteiger partial charge < -0.3 is 19.9 Å². The smallest absolute Gasteiger partial charge is 0.270 e. The van der Waals surface area contributed by atoms with E-state index in [0.29, 0.717) is 23.2 Å². The van der Waals surface area contributed by atoms with E-state index in [1.165, 1.54) is 19.3 Å². The van der Waals surface area contributed by atoms with E-state index in [-0.39, 0.29) is 18.4 Å². The van der Waals surface area contributed by atoms with Crippen molar-refractivity contribution in [1.82, 2.24) is 14.8 Å². The molecule has 2 aliphatic rings. The fraction of sp³-hybridized carbons (Fsp3) is 0.550. The van der Waals surface area contributed by atoms with Crippen LogP contribution in [0.3, 0.4) is 0 Å². The molecule has 0 unspecified atom stereocenters. The Balaban J connectivity index is 1.46. The lowest BCUT2D eigenvalue weighted by Gasteiger charge is -2.30. The number of benzene rings is 1. The average Bonchev–Trinajstić information content (AvgIpc) is 3.25. The van der Waals surface area contributed by atoms with Gasteiger partial charge in [0, 0.05) is 48.1 Å². The van der Waals surface area contributed by atoms with Crippen LogP contribution >= 0.6 is 11.6 Å². The van der Waals surface area contributed by atoms with Gasteiger partial charge in [0.15, 0.2) is 0 Å². The first-order valence-electron chi connectivity index (χ1n) is 9.55. The van der Waals surface area contributed by atoms with Crippen LogP contribution in [0.4, 0.5) is 0 Å². The molecule has 2 N–H and O–H groups in total. The van der Waals surface area contributed by atoms with Gasteiger partial charge in [-0.05, 0) is 56.1 Å². The maximum atomic E-state index is 13.0. The van der Waals surface area contributed by atoms with Crippen LogP contribution in [-0.2, 0) is 0 Å². The van der Waals surface area contributed by atoms with Gasteiger partial charge in [-0.2, -0.15) is 0 Å². The fourth-order valence-corrected chi connectivity index (χ4v) is 4.56. The standard InChI is InChI=1S/C20H26ClN3O2/c21-17-4-5-18-14(8-17)9-19(22-18)20(26)24-11-15(16(12-24)13-25)10-23-6-2-1-3-7-23/h4-5,8-9,15-16,22,25H,1-3,6-7,10-13H2/t15-,16-/m1/s1. The molecule has 0 bridgehead atoms. The predicted molar refractivity (Wildman–Crippen MR) is 104 cm³/mol. The van der Waals surface area contributed by atoms with Crippen LogP contribution in [0, 0.1) is 11.8 Å². The quantitative estimate of drug-likeness (QED) is 0.863. The molecule has 2 saturated heterocycles. The second-order valence-corrected chi connectivity index (χ2v) is 8.13. The van der Waals surface area contributed by atoms with Crippen LogP contribution in [0.5, 0.6) is 0 Å². The largest absolute Gasteiger partial charge is 0.396 e. The molecule has 4 rings (SSSR count). The molecular weight excluding hydrogens is 350 g/mol. The summed E-state index contributed by atoms with van der Waals surface area (Å²) >= 11 is 6.04. The van der Waals surface area contributed by atoms with Crippen molar-refractivity contribution < 1.29 is 9.90 Å². The molecule has 0 saturated carbocycles. The predicted octanol–water partition coefficient (Wildman–Crippen LogP) is 2.99. The number of aliphatic hydroxyl groups excluding tert-OH is 1. The summed E-state index contributed by atoms with van der Waals surface area (Å²) in [5.41, 5.74) is 1.51. The van der Waals surface area contributed by atoms with Crippen LogP contribution in [-0.4, -0.2) is 65.1 Å². The molecule has 2 aromatic rings. The summed E-state index contributed by atoms with van der Waals surface area (Å²) in [5.74, 6) is 0.525. The molecule has 1 aromatic heterocycles. The molecule has 0 spiro atoms. The lowest BCUT2D eigenvalue weighted by Crippen LogP contribution is -2.37. The number of piperidine rings is 1. The van der Waals surface area contributed by atoms with E-state index in [9.17, 15) is 9.90 Å². The van der Waals surface area contributed by atoms with Crippen LogP contribution in [0.2, 0.25) is 5.02 Å². The van der Waals surface area contributed by atoms with Gasteiger partial charge in [0.25, 0.3) is 5.91 Å². The van der Waals surface area contributed by atoms with Crippen molar-refractivity contribution >= 4 is 28.4 Å². The minimum atomic E-state index is 0.0110. The number of nitrogens with one attached hydrogen (secondary N) is 1. The monoisotopic (exact) mass is 375 g/mol. The maximum absolute atomic E-state index is 13.0. The molecule has 1 aromatic carbocycles. The van der Waals surface area contributed by atoms with Gasteiger partial charge in [-0.15, -0.1) is 0 Å². The van der Waals surface area contributed by atoms with Gasteiger partial charge in [-0.25, -0.2) is 0 Å².